The zero-order valence-electron chi connectivity index (χ0n) is 13.5. The average Bonchev–Trinajstić information content (AvgIpc) is 2.61. The summed E-state index contributed by atoms with van der Waals surface area (Å²) in [7, 11) is 0. The summed E-state index contributed by atoms with van der Waals surface area (Å²) in [6, 6.07) is 15.1. The maximum absolute atomic E-state index is 12.2. The molecule has 5 heteroatoms. The van der Waals surface area contributed by atoms with Crippen LogP contribution in [0.2, 0.25) is 5.02 Å². The molecule has 1 amide bonds. The van der Waals surface area contributed by atoms with E-state index in [2.05, 4.69) is 11.4 Å². The Balaban J connectivity index is 1.50. The van der Waals surface area contributed by atoms with Crippen molar-refractivity contribution in [2.45, 2.75) is 19.4 Å². The number of halogens is 1. The molecule has 2 unspecified atom stereocenters. The number of fused-ring (bicyclic) bond motifs is 1. The van der Waals surface area contributed by atoms with Gasteiger partial charge in [0.1, 0.15) is 11.5 Å². The summed E-state index contributed by atoms with van der Waals surface area (Å²) in [5, 5.41) is 3.43. The molecular formula is C19H20ClNO3. The molecule has 0 saturated heterocycles. The van der Waals surface area contributed by atoms with Gasteiger partial charge < -0.3 is 14.8 Å². The van der Waals surface area contributed by atoms with Crippen LogP contribution in [0.4, 0.5) is 0 Å². The lowest BCUT2D eigenvalue weighted by Crippen LogP contribution is -2.41. The number of para-hydroxylation sites is 2. The Morgan fingerprint density at radius 1 is 1.29 bits per heavy atom. The van der Waals surface area contributed by atoms with Crippen molar-refractivity contribution in [3.63, 3.8) is 0 Å². The number of rotatable bonds is 5. The van der Waals surface area contributed by atoms with E-state index in [9.17, 15) is 4.79 Å². The molecule has 2 aromatic carbocycles. The van der Waals surface area contributed by atoms with E-state index in [1.165, 1.54) is 5.56 Å². The molecule has 24 heavy (non-hydrogen) atoms. The highest BCUT2D eigenvalue weighted by molar-refractivity contribution is 6.32. The first-order valence-electron chi connectivity index (χ1n) is 8.03. The summed E-state index contributed by atoms with van der Waals surface area (Å²) in [6.07, 6.45) is 0.289. The monoisotopic (exact) mass is 345 g/mol. The molecule has 2 aromatic rings. The first kappa shape index (κ1) is 16.7. The molecular weight excluding hydrogens is 326 g/mol. The lowest BCUT2D eigenvalue weighted by atomic mass is 9.97. The van der Waals surface area contributed by atoms with Crippen LogP contribution in [0.25, 0.3) is 0 Å². The third kappa shape index (κ3) is 4.01. The van der Waals surface area contributed by atoms with Gasteiger partial charge in [0.25, 0.3) is 5.91 Å². The molecule has 1 N–H and O–H groups in total. The van der Waals surface area contributed by atoms with Crippen molar-refractivity contribution in [2.75, 3.05) is 13.2 Å². The smallest absolute Gasteiger partial charge is 0.260 e. The Bertz CT molecular complexity index is 719. The van der Waals surface area contributed by atoms with Gasteiger partial charge in [-0.25, -0.2) is 0 Å². The van der Waals surface area contributed by atoms with E-state index < -0.39 is 6.10 Å². The van der Waals surface area contributed by atoms with Gasteiger partial charge in [-0.3, -0.25) is 4.79 Å². The van der Waals surface area contributed by atoms with Crippen LogP contribution < -0.4 is 14.8 Å². The highest BCUT2D eigenvalue weighted by Crippen LogP contribution is 2.26. The van der Waals surface area contributed by atoms with E-state index in [0.29, 0.717) is 23.9 Å². The normalized spacial score (nSPS) is 17.3. The van der Waals surface area contributed by atoms with Crippen molar-refractivity contribution >= 4 is 17.5 Å². The Morgan fingerprint density at radius 2 is 2.04 bits per heavy atom. The minimum Gasteiger partial charge on any atom is -0.493 e. The van der Waals surface area contributed by atoms with Crippen molar-refractivity contribution < 1.29 is 14.3 Å². The number of amides is 1. The molecule has 0 fully saturated rings. The van der Waals surface area contributed by atoms with E-state index in [1.54, 1.807) is 19.1 Å². The molecule has 2 atom stereocenters. The number of nitrogens with one attached hydrogen (secondary N) is 1. The third-order valence-corrected chi connectivity index (χ3v) is 4.34. The van der Waals surface area contributed by atoms with E-state index in [0.717, 1.165) is 12.2 Å². The predicted octanol–water partition coefficient (Wildman–Crippen LogP) is 3.47. The number of hydrogen-bond donors (Lipinski definition) is 1. The molecule has 4 nitrogen and oxygen atoms in total. The number of hydrogen-bond acceptors (Lipinski definition) is 3. The highest BCUT2D eigenvalue weighted by Gasteiger charge is 2.22. The van der Waals surface area contributed by atoms with Crippen LogP contribution in [0.5, 0.6) is 11.5 Å². The van der Waals surface area contributed by atoms with E-state index in [1.807, 2.05) is 30.3 Å². The van der Waals surface area contributed by atoms with Gasteiger partial charge in [0.15, 0.2) is 6.10 Å². The quantitative estimate of drug-likeness (QED) is 0.902. The van der Waals surface area contributed by atoms with Crippen molar-refractivity contribution in [3.8, 4) is 11.5 Å². The minimum atomic E-state index is -0.610. The average molecular weight is 346 g/mol. The van der Waals surface area contributed by atoms with E-state index in [4.69, 9.17) is 21.1 Å². The largest absolute Gasteiger partial charge is 0.493 e. The molecule has 1 heterocycles. The van der Waals surface area contributed by atoms with E-state index in [-0.39, 0.29) is 11.8 Å². The molecule has 0 bridgehead atoms. The Labute approximate surface area is 146 Å². The molecule has 1 aliphatic rings. The van der Waals surface area contributed by atoms with Crippen LogP contribution in [-0.2, 0) is 11.2 Å². The topological polar surface area (TPSA) is 47.6 Å². The fourth-order valence-electron chi connectivity index (χ4n) is 2.69. The summed E-state index contributed by atoms with van der Waals surface area (Å²) < 4.78 is 11.4. The highest BCUT2D eigenvalue weighted by atomic mass is 35.5. The van der Waals surface area contributed by atoms with Gasteiger partial charge in [-0.1, -0.05) is 41.9 Å². The van der Waals surface area contributed by atoms with Gasteiger partial charge in [0, 0.05) is 12.5 Å². The van der Waals surface area contributed by atoms with Gasteiger partial charge in [-0.05, 0) is 37.1 Å². The standard InChI is InChI=1S/C19H20ClNO3/c1-13(24-18-9-5-3-7-16(18)20)19(22)21-11-14-10-15-6-2-4-8-17(15)23-12-14/h2-9,13-14H,10-12H2,1H3,(H,21,22). The number of carbonyl (C=O) groups excluding carboxylic acids is 1. The summed E-state index contributed by atoms with van der Waals surface area (Å²) in [5.41, 5.74) is 1.18. The predicted molar refractivity (Wildman–Crippen MR) is 93.7 cm³/mol. The lowest BCUT2D eigenvalue weighted by Gasteiger charge is -2.26. The first-order valence-corrected chi connectivity index (χ1v) is 8.41. The fraction of sp³-hybridized carbons (Fsp3) is 0.316. The zero-order chi connectivity index (χ0) is 16.9. The van der Waals surface area contributed by atoms with Gasteiger partial charge in [0.05, 0.1) is 11.6 Å². The summed E-state index contributed by atoms with van der Waals surface area (Å²) >= 11 is 6.05. The van der Waals surface area contributed by atoms with Crippen LogP contribution in [0.15, 0.2) is 48.5 Å². The molecule has 0 aliphatic carbocycles. The molecule has 0 radical (unpaired) electrons. The molecule has 126 valence electrons. The Morgan fingerprint density at radius 3 is 2.88 bits per heavy atom. The summed E-state index contributed by atoms with van der Waals surface area (Å²) in [6.45, 7) is 2.88. The molecule has 3 rings (SSSR count). The second-order valence-electron chi connectivity index (χ2n) is 5.92. The van der Waals surface area contributed by atoms with Crippen LogP contribution in [0, 0.1) is 5.92 Å². The SMILES string of the molecule is CC(Oc1ccccc1Cl)C(=O)NCC1COc2ccccc2C1. The number of carbonyl (C=O) groups is 1. The number of ether oxygens (including phenoxy) is 2. The van der Waals surface area contributed by atoms with Crippen LogP contribution in [0.1, 0.15) is 12.5 Å². The van der Waals surface area contributed by atoms with Crippen molar-refractivity contribution in [2.24, 2.45) is 5.92 Å². The molecule has 0 aromatic heterocycles. The summed E-state index contributed by atoms with van der Waals surface area (Å²) in [4.78, 5) is 12.2. The fourth-order valence-corrected chi connectivity index (χ4v) is 2.88. The van der Waals surface area contributed by atoms with Crippen LogP contribution in [0.3, 0.4) is 0 Å². The molecule has 1 aliphatic heterocycles. The van der Waals surface area contributed by atoms with Crippen molar-refractivity contribution in [1.29, 1.82) is 0 Å². The molecule has 0 saturated carbocycles. The van der Waals surface area contributed by atoms with Crippen molar-refractivity contribution in [1.82, 2.24) is 5.32 Å². The third-order valence-electron chi connectivity index (χ3n) is 4.03. The number of benzene rings is 2. The Hall–Kier alpha value is -2.20. The van der Waals surface area contributed by atoms with Crippen LogP contribution in [-0.4, -0.2) is 25.2 Å². The van der Waals surface area contributed by atoms with Gasteiger partial charge in [-0.2, -0.15) is 0 Å². The summed E-state index contributed by atoms with van der Waals surface area (Å²) in [5.74, 6) is 1.55. The van der Waals surface area contributed by atoms with E-state index >= 15 is 0 Å². The zero-order valence-corrected chi connectivity index (χ0v) is 14.3. The Kier molecular flexibility index (Phi) is 5.26. The van der Waals surface area contributed by atoms with Crippen LogP contribution >= 0.6 is 11.6 Å². The maximum Gasteiger partial charge on any atom is 0.260 e. The first-order chi connectivity index (χ1) is 11.6. The second kappa shape index (κ2) is 7.58. The van der Waals surface area contributed by atoms with Gasteiger partial charge in [0.2, 0.25) is 0 Å². The maximum atomic E-state index is 12.2. The van der Waals surface area contributed by atoms with Gasteiger partial charge in [-0.15, -0.1) is 0 Å². The van der Waals surface area contributed by atoms with Crippen molar-refractivity contribution in [3.05, 3.63) is 59.1 Å². The van der Waals surface area contributed by atoms with Gasteiger partial charge >= 0.3 is 0 Å². The lowest BCUT2D eigenvalue weighted by molar-refractivity contribution is -0.127. The molecule has 0 spiro atoms. The minimum absolute atomic E-state index is 0.159. The second-order valence-corrected chi connectivity index (χ2v) is 6.33.